The lowest BCUT2D eigenvalue weighted by Gasteiger charge is -2.36. The number of anilines is 1. The number of nitrogens with one attached hydrogen (secondary N) is 2. The van der Waals surface area contributed by atoms with Crippen molar-refractivity contribution in [3.8, 4) is 0 Å². The molecule has 3 rings (SSSR count). The zero-order valence-corrected chi connectivity index (χ0v) is 17.3. The number of amides is 5. The van der Waals surface area contributed by atoms with Gasteiger partial charge in [0.25, 0.3) is 5.91 Å². The first-order valence-electron chi connectivity index (χ1n) is 9.66. The van der Waals surface area contributed by atoms with Crippen molar-refractivity contribution in [1.82, 2.24) is 15.1 Å². The fourth-order valence-electron chi connectivity index (χ4n) is 3.97. The monoisotopic (exact) mass is 420 g/mol. The van der Waals surface area contributed by atoms with E-state index in [0.29, 0.717) is 17.1 Å². The van der Waals surface area contributed by atoms with Crippen LogP contribution >= 0.6 is 11.6 Å². The Morgan fingerprint density at radius 1 is 1.34 bits per heavy atom. The van der Waals surface area contributed by atoms with Crippen molar-refractivity contribution in [2.24, 2.45) is 5.92 Å². The molecule has 5 amide bonds. The molecule has 1 aromatic carbocycles. The molecule has 2 N–H and O–H groups in total. The smallest absolute Gasteiger partial charge is 0.325 e. The van der Waals surface area contributed by atoms with Gasteiger partial charge in [0.2, 0.25) is 11.8 Å². The van der Waals surface area contributed by atoms with E-state index >= 15 is 0 Å². The van der Waals surface area contributed by atoms with Gasteiger partial charge in [-0.3, -0.25) is 19.3 Å². The molecule has 29 heavy (non-hydrogen) atoms. The van der Waals surface area contributed by atoms with E-state index in [-0.39, 0.29) is 24.9 Å². The van der Waals surface area contributed by atoms with E-state index in [4.69, 9.17) is 11.6 Å². The maximum atomic E-state index is 12.9. The number of carbonyl (C=O) groups excluding carboxylic acids is 4. The van der Waals surface area contributed by atoms with E-state index in [1.807, 2.05) is 6.92 Å². The number of rotatable bonds is 5. The van der Waals surface area contributed by atoms with Gasteiger partial charge < -0.3 is 15.5 Å². The summed E-state index contributed by atoms with van der Waals surface area (Å²) in [6.45, 7) is 1.35. The molecule has 156 valence electrons. The third-order valence-corrected chi connectivity index (χ3v) is 5.94. The summed E-state index contributed by atoms with van der Waals surface area (Å²) in [7, 11) is 1.46. The molecule has 0 aromatic heterocycles. The highest BCUT2D eigenvalue weighted by molar-refractivity contribution is 6.30. The van der Waals surface area contributed by atoms with Crippen LogP contribution in [0.3, 0.4) is 0 Å². The van der Waals surface area contributed by atoms with Crippen molar-refractivity contribution in [3.63, 3.8) is 0 Å². The maximum absolute atomic E-state index is 12.9. The van der Waals surface area contributed by atoms with Gasteiger partial charge in [0.15, 0.2) is 0 Å². The number of benzene rings is 1. The van der Waals surface area contributed by atoms with Crippen molar-refractivity contribution in [2.45, 2.75) is 38.1 Å². The first kappa shape index (κ1) is 21.1. The molecular weight excluding hydrogens is 396 g/mol. The molecule has 2 aliphatic rings. The van der Waals surface area contributed by atoms with E-state index in [1.165, 1.54) is 11.9 Å². The summed E-state index contributed by atoms with van der Waals surface area (Å²) in [6.07, 6.45) is 3.33. The quantitative estimate of drug-likeness (QED) is 0.713. The van der Waals surface area contributed by atoms with Gasteiger partial charge in [-0.25, -0.2) is 4.79 Å². The van der Waals surface area contributed by atoms with Crippen molar-refractivity contribution >= 4 is 41.0 Å². The Kier molecular flexibility index (Phi) is 6.12. The summed E-state index contributed by atoms with van der Waals surface area (Å²) in [5.74, 6) is -1.22. The van der Waals surface area contributed by atoms with Crippen LogP contribution in [0.15, 0.2) is 24.3 Å². The molecule has 1 saturated carbocycles. The topological polar surface area (TPSA) is 98.8 Å². The highest BCUT2D eigenvalue weighted by Crippen LogP contribution is 2.38. The normalized spacial score (nSPS) is 23.8. The molecule has 1 aliphatic carbocycles. The Labute approximate surface area is 174 Å². The van der Waals surface area contributed by atoms with Crippen LogP contribution in [0.5, 0.6) is 0 Å². The molecule has 2 unspecified atom stereocenters. The predicted octanol–water partition coefficient (Wildman–Crippen LogP) is 2.24. The van der Waals surface area contributed by atoms with E-state index in [0.717, 1.165) is 24.2 Å². The van der Waals surface area contributed by atoms with Gasteiger partial charge >= 0.3 is 6.03 Å². The van der Waals surface area contributed by atoms with Crippen molar-refractivity contribution < 1.29 is 19.2 Å². The SMILES string of the molecule is CC1CCCCC12NC(=O)N(CC(=O)N(C)CC(=O)Nc1cccc(Cl)c1)C2=O. The summed E-state index contributed by atoms with van der Waals surface area (Å²) in [5.41, 5.74) is -0.385. The van der Waals surface area contributed by atoms with Gasteiger partial charge in [0.1, 0.15) is 12.1 Å². The number of hydrogen-bond donors (Lipinski definition) is 2. The highest BCUT2D eigenvalue weighted by atomic mass is 35.5. The molecule has 0 bridgehead atoms. The molecule has 1 spiro atoms. The Bertz CT molecular complexity index is 846. The van der Waals surface area contributed by atoms with Crippen molar-refractivity contribution in [3.05, 3.63) is 29.3 Å². The molecule has 8 nitrogen and oxygen atoms in total. The van der Waals surface area contributed by atoms with Crippen LogP contribution in [0.25, 0.3) is 0 Å². The molecule has 2 atom stereocenters. The van der Waals surface area contributed by atoms with E-state index < -0.39 is 23.4 Å². The predicted molar refractivity (Wildman–Crippen MR) is 108 cm³/mol. The van der Waals surface area contributed by atoms with Crippen LogP contribution in [0.1, 0.15) is 32.6 Å². The zero-order valence-electron chi connectivity index (χ0n) is 16.5. The second-order valence-corrected chi connectivity index (χ2v) is 8.18. The molecule has 2 fully saturated rings. The third kappa shape index (κ3) is 4.37. The number of likely N-dealkylation sites (N-methyl/N-ethyl adjacent to an activating group) is 1. The average Bonchev–Trinajstić information content (AvgIpc) is 2.89. The fraction of sp³-hybridized carbons (Fsp3) is 0.500. The molecule has 1 heterocycles. The minimum Gasteiger partial charge on any atom is -0.335 e. The molecule has 9 heteroatoms. The van der Waals surface area contributed by atoms with Gasteiger partial charge in [0.05, 0.1) is 6.54 Å². The van der Waals surface area contributed by atoms with Gasteiger partial charge in [0, 0.05) is 17.8 Å². The lowest BCUT2D eigenvalue weighted by molar-refractivity contribution is -0.140. The highest BCUT2D eigenvalue weighted by Gasteiger charge is 2.55. The lowest BCUT2D eigenvalue weighted by atomic mass is 9.73. The maximum Gasteiger partial charge on any atom is 0.325 e. The van der Waals surface area contributed by atoms with Crippen LogP contribution in [-0.4, -0.2) is 59.2 Å². The standard InChI is InChI=1S/C20H25ClN4O4/c1-13-6-3-4-9-20(13)18(28)25(19(29)23-20)12-17(27)24(2)11-16(26)22-15-8-5-7-14(21)10-15/h5,7-8,10,13H,3-4,6,9,11-12H2,1-2H3,(H,22,26)(H,23,29). The minimum atomic E-state index is -0.905. The molecule has 0 radical (unpaired) electrons. The number of hydrogen-bond acceptors (Lipinski definition) is 4. The third-order valence-electron chi connectivity index (χ3n) is 5.71. The van der Waals surface area contributed by atoms with Gasteiger partial charge in [-0.05, 0) is 37.0 Å². The Morgan fingerprint density at radius 2 is 2.10 bits per heavy atom. The van der Waals surface area contributed by atoms with Crippen LogP contribution in [0.2, 0.25) is 5.02 Å². The van der Waals surface area contributed by atoms with Crippen LogP contribution < -0.4 is 10.6 Å². The fourth-order valence-corrected chi connectivity index (χ4v) is 4.16. The van der Waals surface area contributed by atoms with Crippen molar-refractivity contribution in [1.29, 1.82) is 0 Å². The molecule has 1 saturated heterocycles. The zero-order chi connectivity index (χ0) is 21.2. The second-order valence-electron chi connectivity index (χ2n) is 7.75. The van der Waals surface area contributed by atoms with Crippen LogP contribution in [0.4, 0.5) is 10.5 Å². The lowest BCUT2D eigenvalue weighted by Crippen LogP contribution is -2.54. The average molecular weight is 421 g/mol. The van der Waals surface area contributed by atoms with Gasteiger partial charge in [-0.2, -0.15) is 0 Å². The van der Waals surface area contributed by atoms with Gasteiger partial charge in [-0.1, -0.05) is 37.4 Å². The van der Waals surface area contributed by atoms with Crippen LogP contribution in [0, 0.1) is 5.92 Å². The molecule has 1 aromatic rings. The van der Waals surface area contributed by atoms with Crippen molar-refractivity contribution in [2.75, 3.05) is 25.5 Å². The minimum absolute atomic E-state index is 0.0222. The number of urea groups is 1. The molecular formula is C20H25ClN4O4. The molecule has 1 aliphatic heterocycles. The van der Waals surface area contributed by atoms with E-state index in [1.54, 1.807) is 24.3 Å². The van der Waals surface area contributed by atoms with Gasteiger partial charge in [-0.15, -0.1) is 0 Å². The number of nitrogens with zero attached hydrogens (tertiary/aromatic N) is 2. The summed E-state index contributed by atoms with van der Waals surface area (Å²) in [5, 5.41) is 5.95. The summed E-state index contributed by atoms with van der Waals surface area (Å²) in [4.78, 5) is 52.2. The summed E-state index contributed by atoms with van der Waals surface area (Å²) in [6, 6.07) is 6.12. The largest absolute Gasteiger partial charge is 0.335 e. The second kappa shape index (κ2) is 8.41. The Morgan fingerprint density at radius 3 is 2.79 bits per heavy atom. The number of halogens is 1. The van der Waals surface area contributed by atoms with E-state index in [2.05, 4.69) is 10.6 Å². The number of carbonyl (C=O) groups is 4. The van der Waals surface area contributed by atoms with Crippen LogP contribution in [-0.2, 0) is 14.4 Å². The first-order valence-corrected chi connectivity index (χ1v) is 10.0. The Hall–Kier alpha value is -2.61. The summed E-state index contributed by atoms with van der Waals surface area (Å²) < 4.78 is 0. The summed E-state index contributed by atoms with van der Waals surface area (Å²) >= 11 is 5.89. The Balaban J connectivity index is 1.58. The first-order chi connectivity index (χ1) is 13.7. The van der Waals surface area contributed by atoms with E-state index in [9.17, 15) is 19.2 Å². The number of imide groups is 1.